The van der Waals surface area contributed by atoms with E-state index in [1.54, 1.807) is 19.1 Å². The number of hydrogen-bond donors (Lipinski definition) is 0. The lowest BCUT2D eigenvalue weighted by Crippen LogP contribution is -2.25. The Labute approximate surface area is 160 Å². The van der Waals surface area contributed by atoms with Gasteiger partial charge in [-0.1, -0.05) is 43.0 Å². The fraction of sp³-hybridized carbons (Fsp3) is 0.304. The summed E-state index contributed by atoms with van der Waals surface area (Å²) in [7, 11) is 0. The lowest BCUT2D eigenvalue weighted by molar-refractivity contribution is -0.143. The van der Waals surface area contributed by atoms with E-state index in [-0.39, 0.29) is 11.9 Å². The van der Waals surface area contributed by atoms with E-state index in [9.17, 15) is 9.59 Å². The number of hydrogen-bond acceptors (Lipinski definition) is 4. The van der Waals surface area contributed by atoms with Crippen LogP contribution < -0.4 is 4.74 Å². The fourth-order valence-electron chi connectivity index (χ4n) is 2.22. The normalized spacial score (nSPS) is 11.0. The van der Waals surface area contributed by atoms with Gasteiger partial charge in [-0.25, -0.2) is 4.79 Å². The van der Waals surface area contributed by atoms with E-state index in [2.05, 4.69) is 6.58 Å². The molecule has 0 fully saturated rings. The molecule has 0 aliphatic rings. The monoisotopic (exact) mass is 366 g/mol. The molecule has 0 spiro atoms. The van der Waals surface area contributed by atoms with Crippen molar-refractivity contribution in [3.63, 3.8) is 0 Å². The first-order chi connectivity index (χ1) is 12.7. The zero-order chi connectivity index (χ0) is 20.0. The zero-order valence-electron chi connectivity index (χ0n) is 16.4. The van der Waals surface area contributed by atoms with E-state index in [0.29, 0.717) is 24.4 Å². The first-order valence-electron chi connectivity index (χ1n) is 8.91. The summed E-state index contributed by atoms with van der Waals surface area (Å²) in [5.41, 5.74) is 3.05. The van der Waals surface area contributed by atoms with Crippen LogP contribution in [0.1, 0.15) is 33.3 Å². The van der Waals surface area contributed by atoms with Gasteiger partial charge in [-0.05, 0) is 56.5 Å². The molecule has 4 heteroatoms. The highest BCUT2D eigenvalue weighted by atomic mass is 16.5. The lowest BCUT2D eigenvalue weighted by atomic mass is 9.97. The molecule has 0 amide bonds. The molecule has 0 saturated carbocycles. The van der Waals surface area contributed by atoms with Crippen LogP contribution in [-0.2, 0) is 20.7 Å². The molecule has 0 radical (unpaired) electrons. The smallest absolute Gasteiger partial charge is 0.333 e. The third-order valence-corrected chi connectivity index (χ3v) is 3.94. The van der Waals surface area contributed by atoms with Crippen LogP contribution in [0.4, 0.5) is 0 Å². The van der Waals surface area contributed by atoms with Crippen LogP contribution in [0.2, 0.25) is 0 Å². The predicted molar refractivity (Wildman–Crippen MR) is 106 cm³/mol. The molecule has 0 aromatic heterocycles. The minimum absolute atomic E-state index is 0.257. The van der Waals surface area contributed by atoms with Crippen molar-refractivity contribution < 1.29 is 19.1 Å². The van der Waals surface area contributed by atoms with Gasteiger partial charge in [0.1, 0.15) is 5.75 Å². The average molecular weight is 366 g/mol. The number of carbonyl (C=O) groups is 2. The molecule has 2 aromatic carbocycles. The SMILES string of the molecule is C=C(C)C(=O)OCCc1ccc(-c2ccc(OC(=O)C(C)(C)C)cc2)cc1. The molecule has 0 aliphatic heterocycles. The van der Waals surface area contributed by atoms with Gasteiger partial charge < -0.3 is 9.47 Å². The van der Waals surface area contributed by atoms with Crippen molar-refractivity contribution in [3.8, 4) is 16.9 Å². The van der Waals surface area contributed by atoms with Gasteiger partial charge in [-0.15, -0.1) is 0 Å². The summed E-state index contributed by atoms with van der Waals surface area (Å²) in [6.45, 7) is 11.0. The number of esters is 2. The maximum Gasteiger partial charge on any atom is 0.333 e. The predicted octanol–water partition coefficient (Wildman–Crippen LogP) is 4.97. The van der Waals surface area contributed by atoms with Crippen LogP contribution in [0.15, 0.2) is 60.7 Å². The van der Waals surface area contributed by atoms with Gasteiger partial charge in [0.2, 0.25) is 0 Å². The molecular weight excluding hydrogens is 340 g/mol. The summed E-state index contributed by atoms with van der Waals surface area (Å²) in [5.74, 6) is -0.0829. The Hall–Kier alpha value is -2.88. The van der Waals surface area contributed by atoms with E-state index in [0.717, 1.165) is 16.7 Å². The van der Waals surface area contributed by atoms with Crippen molar-refractivity contribution in [2.45, 2.75) is 34.1 Å². The number of carbonyl (C=O) groups excluding carboxylic acids is 2. The molecule has 0 N–H and O–H groups in total. The Balaban J connectivity index is 1.95. The highest BCUT2D eigenvalue weighted by Gasteiger charge is 2.23. The summed E-state index contributed by atoms with van der Waals surface area (Å²) in [6.07, 6.45) is 0.654. The zero-order valence-corrected chi connectivity index (χ0v) is 16.4. The van der Waals surface area contributed by atoms with Crippen LogP contribution in [0.25, 0.3) is 11.1 Å². The summed E-state index contributed by atoms with van der Waals surface area (Å²) >= 11 is 0. The minimum Gasteiger partial charge on any atom is -0.462 e. The Kier molecular flexibility index (Phi) is 6.56. The molecule has 0 heterocycles. The van der Waals surface area contributed by atoms with Gasteiger partial charge >= 0.3 is 11.9 Å². The van der Waals surface area contributed by atoms with Gasteiger partial charge in [0.05, 0.1) is 12.0 Å². The minimum atomic E-state index is -0.535. The third kappa shape index (κ3) is 6.10. The molecule has 0 unspecified atom stereocenters. The number of benzene rings is 2. The topological polar surface area (TPSA) is 52.6 Å². The summed E-state index contributed by atoms with van der Waals surface area (Å²) < 4.78 is 10.5. The Bertz CT molecular complexity index is 809. The number of ether oxygens (including phenoxy) is 2. The Morgan fingerprint density at radius 1 is 0.926 bits per heavy atom. The van der Waals surface area contributed by atoms with Crippen molar-refractivity contribution in [3.05, 3.63) is 66.2 Å². The Morgan fingerprint density at radius 2 is 1.44 bits per heavy atom. The maximum atomic E-state index is 11.9. The van der Waals surface area contributed by atoms with E-state index in [4.69, 9.17) is 9.47 Å². The van der Waals surface area contributed by atoms with E-state index >= 15 is 0 Å². The second kappa shape index (κ2) is 8.67. The van der Waals surface area contributed by atoms with Crippen molar-refractivity contribution in [1.82, 2.24) is 0 Å². The first-order valence-corrected chi connectivity index (χ1v) is 8.91. The van der Waals surface area contributed by atoms with Gasteiger partial charge in [0.25, 0.3) is 0 Å². The van der Waals surface area contributed by atoms with E-state index in [1.165, 1.54) is 0 Å². The molecule has 2 rings (SSSR count). The molecule has 0 bridgehead atoms. The molecule has 0 atom stereocenters. The molecule has 4 nitrogen and oxygen atoms in total. The van der Waals surface area contributed by atoms with Gasteiger partial charge in [-0.2, -0.15) is 0 Å². The second-order valence-corrected chi connectivity index (χ2v) is 7.53. The van der Waals surface area contributed by atoms with E-state index < -0.39 is 5.41 Å². The highest BCUT2D eigenvalue weighted by molar-refractivity contribution is 5.86. The van der Waals surface area contributed by atoms with Crippen molar-refractivity contribution in [2.24, 2.45) is 5.41 Å². The third-order valence-electron chi connectivity index (χ3n) is 3.94. The first kappa shape index (κ1) is 20.4. The van der Waals surface area contributed by atoms with Crippen LogP contribution in [-0.4, -0.2) is 18.5 Å². The van der Waals surface area contributed by atoms with Crippen LogP contribution in [0, 0.1) is 5.41 Å². The summed E-state index contributed by atoms with van der Waals surface area (Å²) in [4.78, 5) is 23.3. The van der Waals surface area contributed by atoms with Crippen LogP contribution in [0.5, 0.6) is 5.75 Å². The standard InChI is InChI=1S/C23H26O4/c1-16(2)21(24)26-15-14-17-6-8-18(9-7-17)19-10-12-20(13-11-19)27-22(25)23(3,4)5/h6-13H,1,14-15H2,2-5H3. The molecule has 0 aliphatic carbocycles. The molecule has 142 valence electrons. The van der Waals surface area contributed by atoms with Gasteiger partial charge in [-0.3, -0.25) is 4.79 Å². The lowest BCUT2D eigenvalue weighted by Gasteiger charge is -2.16. The van der Waals surface area contributed by atoms with Crippen molar-refractivity contribution in [2.75, 3.05) is 6.61 Å². The quantitative estimate of drug-likeness (QED) is 0.412. The summed E-state index contributed by atoms with van der Waals surface area (Å²) in [5, 5.41) is 0. The van der Waals surface area contributed by atoms with Crippen molar-refractivity contribution in [1.29, 1.82) is 0 Å². The summed E-state index contributed by atoms with van der Waals surface area (Å²) in [6, 6.07) is 15.5. The van der Waals surface area contributed by atoms with Crippen LogP contribution >= 0.6 is 0 Å². The van der Waals surface area contributed by atoms with E-state index in [1.807, 2.05) is 57.2 Å². The highest BCUT2D eigenvalue weighted by Crippen LogP contribution is 2.25. The Morgan fingerprint density at radius 3 is 1.93 bits per heavy atom. The largest absolute Gasteiger partial charge is 0.462 e. The average Bonchev–Trinajstić information content (AvgIpc) is 2.62. The molecular formula is C23H26O4. The fourth-order valence-corrected chi connectivity index (χ4v) is 2.22. The molecule has 0 saturated heterocycles. The molecule has 27 heavy (non-hydrogen) atoms. The van der Waals surface area contributed by atoms with Gasteiger partial charge in [0, 0.05) is 12.0 Å². The van der Waals surface area contributed by atoms with Crippen molar-refractivity contribution >= 4 is 11.9 Å². The maximum absolute atomic E-state index is 11.9. The van der Waals surface area contributed by atoms with Gasteiger partial charge in [0.15, 0.2) is 0 Å². The second-order valence-electron chi connectivity index (χ2n) is 7.53. The van der Waals surface area contributed by atoms with Crippen LogP contribution in [0.3, 0.4) is 0 Å². The molecule has 2 aromatic rings. The number of rotatable bonds is 6.